The second-order valence-electron chi connectivity index (χ2n) is 4.59. The number of nitrogens with zero attached hydrogens (tertiary/aromatic N) is 1. The van der Waals surface area contributed by atoms with Crippen molar-refractivity contribution in [2.24, 2.45) is 0 Å². The molecule has 4 heteroatoms. The second kappa shape index (κ2) is 17.1. The molecule has 0 unspecified atom stereocenters. The quantitative estimate of drug-likeness (QED) is 0.571. The van der Waals surface area contributed by atoms with E-state index < -0.39 is 9.28 Å². The van der Waals surface area contributed by atoms with E-state index in [9.17, 15) is 0 Å². The summed E-state index contributed by atoms with van der Waals surface area (Å²) in [6, 6.07) is 0. The lowest BCUT2D eigenvalue weighted by Crippen LogP contribution is -2.26. The highest BCUT2D eigenvalue weighted by atomic mass is 28.3. The normalized spacial score (nSPS) is 10.7. The molecule has 18 heavy (non-hydrogen) atoms. The third-order valence-electron chi connectivity index (χ3n) is 2.86. The van der Waals surface area contributed by atoms with Crippen LogP contribution in [0.5, 0.6) is 0 Å². The fourth-order valence-electron chi connectivity index (χ4n) is 1.51. The Kier molecular flexibility index (Phi) is 19.4. The van der Waals surface area contributed by atoms with Crippen molar-refractivity contribution in [1.82, 2.24) is 4.90 Å². The first-order valence-corrected chi connectivity index (χ1v) is 9.53. The summed E-state index contributed by atoms with van der Waals surface area (Å²) in [6.45, 7) is 12.7. The van der Waals surface area contributed by atoms with Gasteiger partial charge in [0.1, 0.15) is 0 Å². The SMILES string of the molecule is CCCCN(CCC)CCCC.CO[SiH](C)OC. The van der Waals surface area contributed by atoms with Gasteiger partial charge in [0.15, 0.2) is 0 Å². The molecule has 0 aliphatic heterocycles. The summed E-state index contributed by atoms with van der Waals surface area (Å²) in [7, 11) is 2.17. The van der Waals surface area contributed by atoms with Crippen molar-refractivity contribution in [3.8, 4) is 0 Å². The van der Waals surface area contributed by atoms with Crippen LogP contribution in [0.25, 0.3) is 0 Å². The molecule has 0 aromatic carbocycles. The number of rotatable bonds is 10. The molecule has 112 valence electrons. The minimum atomic E-state index is -1.16. The van der Waals surface area contributed by atoms with Crippen LogP contribution in [0.3, 0.4) is 0 Å². The molecule has 0 amide bonds. The molecule has 0 radical (unpaired) electrons. The minimum absolute atomic E-state index is 1.16. The maximum absolute atomic E-state index is 4.82. The third kappa shape index (κ3) is 16.1. The molecule has 0 N–H and O–H groups in total. The lowest BCUT2D eigenvalue weighted by molar-refractivity contribution is 0.266. The van der Waals surface area contributed by atoms with Crippen molar-refractivity contribution in [2.75, 3.05) is 33.9 Å². The van der Waals surface area contributed by atoms with Gasteiger partial charge in [-0.3, -0.25) is 0 Å². The van der Waals surface area contributed by atoms with Crippen LogP contribution in [-0.4, -0.2) is 48.0 Å². The number of hydrogen-bond acceptors (Lipinski definition) is 3. The lowest BCUT2D eigenvalue weighted by atomic mass is 10.2. The Labute approximate surface area is 117 Å². The van der Waals surface area contributed by atoms with Crippen LogP contribution in [0.4, 0.5) is 0 Å². The first-order chi connectivity index (χ1) is 8.65. The van der Waals surface area contributed by atoms with Crippen molar-refractivity contribution < 1.29 is 8.85 Å². The van der Waals surface area contributed by atoms with Crippen molar-refractivity contribution in [1.29, 1.82) is 0 Å². The van der Waals surface area contributed by atoms with Gasteiger partial charge in [0, 0.05) is 14.2 Å². The molecule has 0 fully saturated rings. The fraction of sp³-hybridized carbons (Fsp3) is 1.00. The number of unbranched alkanes of at least 4 members (excludes halogenated alkanes) is 2. The van der Waals surface area contributed by atoms with E-state index in [4.69, 9.17) is 8.85 Å². The fourth-order valence-corrected chi connectivity index (χ4v) is 1.70. The van der Waals surface area contributed by atoms with Gasteiger partial charge in [0.05, 0.1) is 0 Å². The van der Waals surface area contributed by atoms with Crippen molar-refractivity contribution in [3.05, 3.63) is 0 Å². The highest BCUT2D eigenvalue weighted by molar-refractivity contribution is 6.42. The maximum atomic E-state index is 4.82. The molecule has 0 aromatic heterocycles. The van der Waals surface area contributed by atoms with Crippen LogP contribution >= 0.6 is 0 Å². The van der Waals surface area contributed by atoms with Crippen LogP contribution in [0.15, 0.2) is 0 Å². The van der Waals surface area contributed by atoms with Crippen LogP contribution in [0, 0.1) is 0 Å². The summed E-state index contributed by atoms with van der Waals surface area (Å²) in [4.78, 5) is 2.60. The molecule has 0 spiro atoms. The first kappa shape index (κ1) is 20.4. The van der Waals surface area contributed by atoms with E-state index >= 15 is 0 Å². The summed E-state index contributed by atoms with van der Waals surface area (Å²) in [5.74, 6) is 0. The van der Waals surface area contributed by atoms with Crippen LogP contribution in [0.2, 0.25) is 6.55 Å². The highest BCUT2D eigenvalue weighted by Gasteiger charge is 2.00. The van der Waals surface area contributed by atoms with E-state index in [2.05, 4.69) is 25.7 Å². The molecule has 0 aliphatic rings. The van der Waals surface area contributed by atoms with E-state index in [1.807, 2.05) is 6.55 Å². The minimum Gasteiger partial charge on any atom is -0.400 e. The van der Waals surface area contributed by atoms with E-state index in [0.29, 0.717) is 0 Å². The Balaban J connectivity index is 0. The zero-order valence-electron chi connectivity index (χ0n) is 13.5. The molecule has 0 saturated heterocycles. The predicted molar refractivity (Wildman–Crippen MR) is 83.6 cm³/mol. The first-order valence-electron chi connectivity index (χ1n) is 7.44. The van der Waals surface area contributed by atoms with Gasteiger partial charge in [-0.2, -0.15) is 0 Å². The molecule has 0 saturated carbocycles. The average Bonchev–Trinajstić information content (AvgIpc) is 2.41. The van der Waals surface area contributed by atoms with Gasteiger partial charge < -0.3 is 13.8 Å². The van der Waals surface area contributed by atoms with Gasteiger partial charge in [0.25, 0.3) is 0 Å². The van der Waals surface area contributed by atoms with Crippen molar-refractivity contribution >= 4 is 9.28 Å². The van der Waals surface area contributed by atoms with Gasteiger partial charge >= 0.3 is 9.28 Å². The van der Waals surface area contributed by atoms with Gasteiger partial charge in [-0.1, -0.05) is 33.6 Å². The maximum Gasteiger partial charge on any atom is 0.317 e. The zero-order chi connectivity index (χ0) is 14.2. The Morgan fingerprint density at radius 3 is 1.44 bits per heavy atom. The van der Waals surface area contributed by atoms with Gasteiger partial charge in [-0.15, -0.1) is 0 Å². The monoisotopic (exact) mass is 277 g/mol. The Bertz CT molecular complexity index is 136. The zero-order valence-corrected chi connectivity index (χ0v) is 14.7. The standard InChI is InChI=1S/C11H25N.C3H10O2Si/c1-4-7-10-12(9-6-3)11-8-5-2;1-4-6(3)5-2/h4-11H2,1-3H3;6H,1-3H3. The largest absolute Gasteiger partial charge is 0.400 e. The predicted octanol–water partition coefficient (Wildman–Crippen LogP) is 3.43. The Morgan fingerprint density at radius 2 is 1.22 bits per heavy atom. The molecule has 0 aliphatic carbocycles. The Hall–Kier alpha value is 0.0969. The van der Waals surface area contributed by atoms with Crippen LogP contribution < -0.4 is 0 Å². The molecule has 0 heterocycles. The highest BCUT2D eigenvalue weighted by Crippen LogP contribution is 1.99. The van der Waals surface area contributed by atoms with Gasteiger partial charge in [-0.05, 0) is 45.4 Å². The molecule has 0 bridgehead atoms. The molecule has 3 nitrogen and oxygen atoms in total. The molecule has 0 atom stereocenters. The summed E-state index contributed by atoms with van der Waals surface area (Å²) < 4.78 is 9.63. The Morgan fingerprint density at radius 1 is 0.778 bits per heavy atom. The summed E-state index contributed by atoms with van der Waals surface area (Å²) in [6.07, 6.45) is 6.68. The van der Waals surface area contributed by atoms with Crippen molar-refractivity contribution in [3.63, 3.8) is 0 Å². The smallest absolute Gasteiger partial charge is 0.317 e. The third-order valence-corrected chi connectivity index (χ3v) is 4.19. The topological polar surface area (TPSA) is 21.7 Å². The average molecular weight is 278 g/mol. The lowest BCUT2D eigenvalue weighted by Gasteiger charge is -2.20. The summed E-state index contributed by atoms with van der Waals surface area (Å²) in [5.41, 5.74) is 0. The van der Waals surface area contributed by atoms with Crippen LogP contribution in [-0.2, 0) is 8.85 Å². The van der Waals surface area contributed by atoms with Crippen molar-refractivity contribution in [2.45, 2.75) is 59.4 Å². The summed E-state index contributed by atoms with van der Waals surface area (Å²) >= 11 is 0. The van der Waals surface area contributed by atoms with E-state index in [1.165, 1.54) is 51.7 Å². The molecular formula is C14H35NO2Si. The van der Waals surface area contributed by atoms with Gasteiger partial charge in [0.2, 0.25) is 0 Å². The molecular weight excluding hydrogens is 242 g/mol. The van der Waals surface area contributed by atoms with E-state index in [0.717, 1.165) is 0 Å². The molecule has 0 rings (SSSR count). The summed E-state index contributed by atoms with van der Waals surface area (Å²) in [5, 5.41) is 0. The molecule has 0 aromatic rings. The van der Waals surface area contributed by atoms with E-state index in [-0.39, 0.29) is 0 Å². The second-order valence-corrected chi connectivity index (χ2v) is 6.67. The number of hydrogen-bond donors (Lipinski definition) is 0. The van der Waals surface area contributed by atoms with Crippen LogP contribution in [0.1, 0.15) is 52.9 Å². The van der Waals surface area contributed by atoms with E-state index in [1.54, 1.807) is 14.2 Å². The van der Waals surface area contributed by atoms with Gasteiger partial charge in [-0.25, -0.2) is 0 Å².